The number of hydrogen-bond donors (Lipinski definition) is 4. The lowest BCUT2D eigenvalue weighted by Crippen LogP contribution is -2.30. The summed E-state index contributed by atoms with van der Waals surface area (Å²) >= 11 is 0. The van der Waals surface area contributed by atoms with Gasteiger partial charge in [-0.1, -0.05) is 18.2 Å². The summed E-state index contributed by atoms with van der Waals surface area (Å²) in [5, 5.41) is 3.03. The maximum Gasteiger partial charge on any atom is 0.273 e. The lowest BCUT2D eigenvalue weighted by molar-refractivity contribution is 0.0959. The highest BCUT2D eigenvalue weighted by molar-refractivity contribution is 5.97. The molecule has 1 amide bonds. The van der Waals surface area contributed by atoms with Gasteiger partial charge in [-0.25, -0.2) is 15.0 Å². The third-order valence-corrected chi connectivity index (χ3v) is 3.66. The molecule has 0 saturated carbocycles. The summed E-state index contributed by atoms with van der Waals surface area (Å²) in [5.74, 6) is 1.30. The molecule has 3 rings (SSSR count). The van der Waals surface area contributed by atoms with Crippen LogP contribution in [0.1, 0.15) is 16.1 Å². The van der Waals surface area contributed by atoms with Crippen LogP contribution in [0, 0.1) is 6.92 Å². The summed E-state index contributed by atoms with van der Waals surface area (Å²) in [6.07, 6.45) is 1.33. The molecule has 27 heavy (non-hydrogen) atoms. The van der Waals surface area contributed by atoms with Gasteiger partial charge in [0.2, 0.25) is 0 Å². The van der Waals surface area contributed by atoms with Gasteiger partial charge in [-0.2, -0.15) is 0 Å². The van der Waals surface area contributed by atoms with Gasteiger partial charge >= 0.3 is 0 Å². The molecule has 0 spiro atoms. The molecule has 0 bridgehead atoms. The Morgan fingerprint density at radius 1 is 1.07 bits per heavy atom. The zero-order chi connectivity index (χ0) is 19.2. The fourth-order valence-electron chi connectivity index (χ4n) is 2.34. The number of carbonyl (C=O) groups excluding carboxylic acids is 1. The zero-order valence-corrected chi connectivity index (χ0v) is 14.9. The molecule has 5 N–H and O–H groups in total. The summed E-state index contributed by atoms with van der Waals surface area (Å²) in [6, 6.07) is 12.4. The highest BCUT2D eigenvalue weighted by Gasteiger charge is 2.13. The molecular weight excluding hydrogens is 346 g/mol. The van der Waals surface area contributed by atoms with Crippen LogP contribution in [0.3, 0.4) is 0 Å². The fourth-order valence-corrected chi connectivity index (χ4v) is 2.34. The number of hydrazine groups is 1. The van der Waals surface area contributed by atoms with Gasteiger partial charge in [0.15, 0.2) is 11.6 Å². The summed E-state index contributed by atoms with van der Waals surface area (Å²) in [5.41, 5.74) is 12.8. The Balaban J connectivity index is 1.73. The molecule has 0 fully saturated rings. The SMILES string of the molecule is COc1ccccc1C(=O)NNc1ncnc(Nc2cccc(C)n2)c1N. The molecular formula is C18H19N7O2. The first-order valence-corrected chi connectivity index (χ1v) is 8.09. The minimum Gasteiger partial charge on any atom is -0.496 e. The number of amides is 1. The lowest BCUT2D eigenvalue weighted by atomic mass is 10.2. The van der Waals surface area contributed by atoms with E-state index in [0.29, 0.717) is 22.9 Å². The van der Waals surface area contributed by atoms with E-state index in [4.69, 9.17) is 10.5 Å². The minimum absolute atomic E-state index is 0.237. The monoisotopic (exact) mass is 365 g/mol. The Bertz CT molecular complexity index is 962. The van der Waals surface area contributed by atoms with Crippen LogP contribution >= 0.6 is 0 Å². The van der Waals surface area contributed by atoms with Gasteiger partial charge < -0.3 is 15.8 Å². The summed E-state index contributed by atoms with van der Waals surface area (Å²) in [4.78, 5) is 24.9. The van der Waals surface area contributed by atoms with Crippen LogP contribution in [-0.2, 0) is 0 Å². The molecule has 3 aromatic rings. The molecule has 0 unspecified atom stereocenters. The molecule has 0 aliphatic carbocycles. The quantitative estimate of drug-likeness (QED) is 0.490. The van der Waals surface area contributed by atoms with Gasteiger partial charge in [-0.15, -0.1) is 0 Å². The number of methoxy groups -OCH3 is 1. The number of nitrogens with two attached hydrogens (primary N) is 1. The molecule has 2 aromatic heterocycles. The van der Waals surface area contributed by atoms with Crippen molar-refractivity contribution < 1.29 is 9.53 Å². The summed E-state index contributed by atoms with van der Waals surface area (Å²) in [6.45, 7) is 1.88. The number of aromatic nitrogens is 3. The maximum absolute atomic E-state index is 12.4. The van der Waals surface area contributed by atoms with Gasteiger partial charge in [0.05, 0.1) is 12.7 Å². The van der Waals surface area contributed by atoms with Crippen LogP contribution in [0.25, 0.3) is 0 Å². The number of hydrogen-bond acceptors (Lipinski definition) is 8. The van der Waals surface area contributed by atoms with E-state index in [-0.39, 0.29) is 17.4 Å². The number of carbonyl (C=O) groups is 1. The number of benzene rings is 1. The van der Waals surface area contributed by atoms with Gasteiger partial charge in [0.25, 0.3) is 5.91 Å². The van der Waals surface area contributed by atoms with Crippen molar-refractivity contribution in [2.24, 2.45) is 0 Å². The first kappa shape index (κ1) is 17.9. The van der Waals surface area contributed by atoms with Crippen molar-refractivity contribution in [2.75, 3.05) is 23.6 Å². The lowest BCUT2D eigenvalue weighted by Gasteiger charge is -2.14. The number of nitrogens with one attached hydrogen (secondary N) is 3. The van der Waals surface area contributed by atoms with E-state index in [1.54, 1.807) is 30.3 Å². The molecule has 1 aromatic carbocycles. The van der Waals surface area contributed by atoms with E-state index in [1.807, 2.05) is 19.1 Å². The van der Waals surface area contributed by atoms with Crippen LogP contribution in [0.15, 0.2) is 48.8 Å². The zero-order valence-electron chi connectivity index (χ0n) is 14.9. The van der Waals surface area contributed by atoms with Crippen LogP contribution in [0.2, 0.25) is 0 Å². The molecule has 0 aliphatic heterocycles. The minimum atomic E-state index is -0.389. The Hall–Kier alpha value is -3.88. The topological polar surface area (TPSA) is 127 Å². The molecule has 0 aliphatic rings. The van der Waals surface area contributed by atoms with Gasteiger partial charge in [0, 0.05) is 5.69 Å². The standard InChI is InChI=1S/C18H19N7O2/c1-11-6-5-9-14(22-11)23-16-15(19)17(21-10-20-16)24-25-18(26)12-7-3-4-8-13(12)27-2/h3-10H,19H2,1-2H3,(H,25,26)(H2,20,21,22,23,24). The van der Waals surface area contributed by atoms with Crippen molar-refractivity contribution in [1.29, 1.82) is 0 Å². The second-order valence-corrected chi connectivity index (χ2v) is 5.55. The Labute approximate surface area is 156 Å². The second kappa shape index (κ2) is 8.00. The molecule has 2 heterocycles. The Morgan fingerprint density at radius 2 is 1.85 bits per heavy atom. The van der Waals surface area contributed by atoms with E-state index < -0.39 is 0 Å². The molecule has 138 valence electrons. The number of rotatable bonds is 6. The van der Waals surface area contributed by atoms with E-state index in [2.05, 4.69) is 31.1 Å². The number of nitrogens with zero attached hydrogens (tertiary/aromatic N) is 3. The van der Waals surface area contributed by atoms with E-state index in [1.165, 1.54) is 13.4 Å². The van der Waals surface area contributed by atoms with Crippen LogP contribution in [-0.4, -0.2) is 28.0 Å². The Morgan fingerprint density at radius 3 is 2.63 bits per heavy atom. The van der Waals surface area contributed by atoms with Gasteiger partial charge in [-0.3, -0.25) is 15.6 Å². The number of para-hydroxylation sites is 1. The number of aryl methyl sites for hydroxylation is 1. The van der Waals surface area contributed by atoms with Crippen molar-refractivity contribution in [3.05, 3.63) is 60.0 Å². The predicted octanol–water partition coefficient (Wildman–Crippen LogP) is 2.27. The molecule has 9 heteroatoms. The molecule has 0 radical (unpaired) electrons. The van der Waals surface area contributed by atoms with Crippen molar-refractivity contribution in [3.63, 3.8) is 0 Å². The van der Waals surface area contributed by atoms with Crippen LogP contribution in [0.5, 0.6) is 5.75 Å². The maximum atomic E-state index is 12.4. The average molecular weight is 365 g/mol. The predicted molar refractivity (Wildman–Crippen MR) is 103 cm³/mol. The average Bonchev–Trinajstić information content (AvgIpc) is 2.68. The van der Waals surface area contributed by atoms with Gasteiger partial charge in [0.1, 0.15) is 23.6 Å². The number of pyridine rings is 1. The van der Waals surface area contributed by atoms with Crippen LogP contribution < -0.4 is 26.6 Å². The molecule has 0 atom stereocenters. The van der Waals surface area contributed by atoms with Crippen molar-refractivity contribution in [3.8, 4) is 5.75 Å². The van der Waals surface area contributed by atoms with Crippen molar-refractivity contribution >= 4 is 29.0 Å². The van der Waals surface area contributed by atoms with Crippen molar-refractivity contribution in [2.45, 2.75) is 6.92 Å². The Kier molecular flexibility index (Phi) is 5.31. The summed E-state index contributed by atoms with van der Waals surface area (Å²) < 4.78 is 5.18. The third-order valence-electron chi connectivity index (χ3n) is 3.66. The highest BCUT2D eigenvalue weighted by Crippen LogP contribution is 2.24. The number of ether oxygens (including phenoxy) is 1. The number of nitrogen functional groups attached to an aromatic ring is 1. The normalized spacial score (nSPS) is 10.1. The van der Waals surface area contributed by atoms with E-state index in [9.17, 15) is 4.79 Å². The first-order valence-electron chi connectivity index (χ1n) is 8.09. The van der Waals surface area contributed by atoms with E-state index >= 15 is 0 Å². The smallest absolute Gasteiger partial charge is 0.273 e. The van der Waals surface area contributed by atoms with Gasteiger partial charge in [-0.05, 0) is 31.2 Å². The van der Waals surface area contributed by atoms with Crippen LogP contribution in [0.4, 0.5) is 23.1 Å². The second-order valence-electron chi connectivity index (χ2n) is 5.55. The first-order chi connectivity index (χ1) is 13.1. The molecule has 9 nitrogen and oxygen atoms in total. The largest absolute Gasteiger partial charge is 0.496 e. The summed E-state index contributed by atoms with van der Waals surface area (Å²) in [7, 11) is 1.50. The number of anilines is 4. The third kappa shape index (κ3) is 4.21. The highest BCUT2D eigenvalue weighted by atomic mass is 16.5. The fraction of sp³-hybridized carbons (Fsp3) is 0.111. The van der Waals surface area contributed by atoms with Crippen molar-refractivity contribution in [1.82, 2.24) is 20.4 Å². The van der Waals surface area contributed by atoms with E-state index in [0.717, 1.165) is 5.69 Å². The molecule has 0 saturated heterocycles.